The van der Waals surface area contributed by atoms with Gasteiger partial charge in [0.1, 0.15) is 10.6 Å². The number of nitrogens with zero attached hydrogens (tertiary/aromatic N) is 2. The lowest BCUT2D eigenvalue weighted by molar-refractivity contribution is 0.0486. The molecule has 1 amide bonds. The van der Waals surface area contributed by atoms with Crippen molar-refractivity contribution in [3.05, 3.63) is 52.3 Å². The van der Waals surface area contributed by atoms with Gasteiger partial charge in [0.25, 0.3) is 5.91 Å². The Morgan fingerprint density at radius 1 is 1.37 bits per heavy atom. The van der Waals surface area contributed by atoms with E-state index in [-0.39, 0.29) is 17.1 Å². The molecule has 0 unspecified atom stereocenters. The van der Waals surface area contributed by atoms with Crippen LogP contribution in [0.2, 0.25) is 0 Å². The Bertz CT molecular complexity index is 954. The zero-order valence-electron chi connectivity index (χ0n) is 15.4. The summed E-state index contributed by atoms with van der Waals surface area (Å²) in [5, 5.41) is 8.47. The SMILES string of the molecule is Cc1nn(C)c2sc(C(=O)NCC3(c4cccc(F)c4)CCOCC3)cc12. The van der Waals surface area contributed by atoms with E-state index in [4.69, 9.17) is 4.74 Å². The van der Waals surface area contributed by atoms with Crippen molar-refractivity contribution in [3.63, 3.8) is 0 Å². The molecule has 2 aromatic heterocycles. The van der Waals surface area contributed by atoms with E-state index in [1.807, 2.05) is 26.1 Å². The van der Waals surface area contributed by atoms with E-state index in [2.05, 4.69) is 10.4 Å². The monoisotopic (exact) mass is 387 g/mol. The number of halogens is 1. The highest BCUT2D eigenvalue weighted by Gasteiger charge is 2.35. The van der Waals surface area contributed by atoms with Gasteiger partial charge >= 0.3 is 0 Å². The average molecular weight is 387 g/mol. The Labute approximate surface area is 161 Å². The second-order valence-electron chi connectivity index (χ2n) is 7.12. The number of aromatic nitrogens is 2. The van der Waals surface area contributed by atoms with Gasteiger partial charge in [-0.2, -0.15) is 5.10 Å². The number of ether oxygens (including phenoxy) is 1. The summed E-state index contributed by atoms with van der Waals surface area (Å²) in [6.07, 6.45) is 1.51. The molecule has 1 aromatic carbocycles. The summed E-state index contributed by atoms with van der Waals surface area (Å²) in [6.45, 7) is 3.63. The summed E-state index contributed by atoms with van der Waals surface area (Å²) >= 11 is 1.44. The van der Waals surface area contributed by atoms with E-state index in [9.17, 15) is 9.18 Å². The Morgan fingerprint density at radius 3 is 2.85 bits per heavy atom. The van der Waals surface area contributed by atoms with Crippen molar-refractivity contribution < 1.29 is 13.9 Å². The van der Waals surface area contributed by atoms with Crippen LogP contribution in [0.25, 0.3) is 10.2 Å². The minimum Gasteiger partial charge on any atom is -0.381 e. The molecule has 1 aliphatic rings. The third-order valence-corrected chi connectivity index (χ3v) is 6.59. The fourth-order valence-corrected chi connectivity index (χ4v) is 4.84. The predicted octanol–water partition coefficient (Wildman–Crippen LogP) is 3.56. The number of carbonyl (C=O) groups excluding carboxylic acids is 1. The molecule has 7 heteroatoms. The summed E-state index contributed by atoms with van der Waals surface area (Å²) in [4.78, 5) is 14.4. The van der Waals surface area contributed by atoms with E-state index >= 15 is 0 Å². The molecule has 4 rings (SSSR count). The zero-order chi connectivity index (χ0) is 19.0. The fourth-order valence-electron chi connectivity index (χ4n) is 3.80. The maximum Gasteiger partial charge on any atom is 0.261 e. The van der Waals surface area contributed by atoms with Gasteiger partial charge in [0.2, 0.25) is 0 Å². The Balaban J connectivity index is 1.56. The summed E-state index contributed by atoms with van der Waals surface area (Å²) in [5.41, 5.74) is 1.54. The molecule has 5 nitrogen and oxygen atoms in total. The summed E-state index contributed by atoms with van der Waals surface area (Å²) < 4.78 is 21.1. The van der Waals surface area contributed by atoms with Crippen LogP contribution in [0, 0.1) is 12.7 Å². The lowest BCUT2D eigenvalue weighted by atomic mass is 9.74. The molecule has 27 heavy (non-hydrogen) atoms. The van der Waals surface area contributed by atoms with Crippen LogP contribution >= 0.6 is 11.3 Å². The number of carbonyl (C=O) groups is 1. The maximum atomic E-state index is 13.8. The van der Waals surface area contributed by atoms with Crippen molar-refractivity contribution in [1.82, 2.24) is 15.1 Å². The number of benzene rings is 1. The molecule has 3 aromatic rings. The van der Waals surface area contributed by atoms with E-state index in [1.54, 1.807) is 16.8 Å². The molecular weight excluding hydrogens is 365 g/mol. The molecule has 0 aliphatic carbocycles. The number of hydrogen-bond acceptors (Lipinski definition) is 4. The van der Waals surface area contributed by atoms with Crippen molar-refractivity contribution in [2.45, 2.75) is 25.2 Å². The lowest BCUT2D eigenvalue weighted by Gasteiger charge is -2.38. The van der Waals surface area contributed by atoms with Crippen molar-refractivity contribution in [2.75, 3.05) is 19.8 Å². The third kappa shape index (κ3) is 3.37. The second-order valence-corrected chi connectivity index (χ2v) is 8.15. The molecular formula is C20H22FN3O2S. The highest BCUT2D eigenvalue weighted by molar-refractivity contribution is 7.20. The van der Waals surface area contributed by atoms with Crippen LogP contribution in [0.1, 0.15) is 33.8 Å². The van der Waals surface area contributed by atoms with Gasteiger partial charge in [0, 0.05) is 37.6 Å². The Morgan fingerprint density at radius 2 is 2.15 bits per heavy atom. The Kier molecular flexibility index (Phi) is 4.74. The topological polar surface area (TPSA) is 56.2 Å². The first-order chi connectivity index (χ1) is 13.0. The molecule has 1 saturated heterocycles. The van der Waals surface area contributed by atoms with E-state index < -0.39 is 0 Å². The number of amides is 1. The standard InChI is InChI=1S/C20H22FN3O2S/c1-13-16-11-17(27-19(16)24(2)23-13)18(25)22-12-20(6-8-26-9-7-20)14-4-3-5-15(21)10-14/h3-5,10-11H,6-9,12H2,1-2H3,(H,22,25). The predicted molar refractivity (Wildman–Crippen MR) is 104 cm³/mol. The van der Waals surface area contributed by atoms with E-state index in [0.29, 0.717) is 24.6 Å². The summed E-state index contributed by atoms with van der Waals surface area (Å²) in [6, 6.07) is 8.59. The number of hydrogen-bond donors (Lipinski definition) is 1. The van der Waals surface area contributed by atoms with E-state index in [0.717, 1.165) is 34.3 Å². The van der Waals surface area contributed by atoms with Crippen LogP contribution in [0.4, 0.5) is 4.39 Å². The molecule has 3 heterocycles. The molecule has 1 N–H and O–H groups in total. The smallest absolute Gasteiger partial charge is 0.261 e. The first kappa shape index (κ1) is 18.1. The maximum absolute atomic E-state index is 13.8. The molecule has 0 bridgehead atoms. The minimum atomic E-state index is -0.301. The lowest BCUT2D eigenvalue weighted by Crippen LogP contribution is -2.44. The Hall–Kier alpha value is -2.25. The molecule has 1 aliphatic heterocycles. The van der Waals surface area contributed by atoms with Gasteiger partial charge in [0.15, 0.2) is 0 Å². The van der Waals surface area contributed by atoms with Crippen LogP contribution < -0.4 is 5.32 Å². The van der Waals surface area contributed by atoms with Crippen LogP contribution in [0.15, 0.2) is 30.3 Å². The molecule has 0 radical (unpaired) electrons. The number of rotatable bonds is 4. The van der Waals surface area contributed by atoms with Crippen LogP contribution in [-0.2, 0) is 17.2 Å². The second kappa shape index (κ2) is 7.05. The molecule has 1 fully saturated rings. The highest BCUT2D eigenvalue weighted by atomic mass is 32.1. The van der Waals surface area contributed by atoms with Crippen molar-refractivity contribution >= 4 is 27.5 Å². The van der Waals surface area contributed by atoms with Crippen LogP contribution in [0.5, 0.6) is 0 Å². The highest BCUT2D eigenvalue weighted by Crippen LogP contribution is 2.35. The van der Waals surface area contributed by atoms with Gasteiger partial charge in [-0.3, -0.25) is 9.48 Å². The fraction of sp³-hybridized carbons (Fsp3) is 0.400. The third-order valence-electron chi connectivity index (χ3n) is 5.39. The van der Waals surface area contributed by atoms with Crippen molar-refractivity contribution in [2.24, 2.45) is 7.05 Å². The molecule has 0 atom stereocenters. The number of aryl methyl sites for hydroxylation is 2. The van der Waals surface area contributed by atoms with Gasteiger partial charge in [-0.05, 0) is 43.5 Å². The van der Waals surface area contributed by atoms with Gasteiger partial charge < -0.3 is 10.1 Å². The van der Waals surface area contributed by atoms with Crippen LogP contribution in [0.3, 0.4) is 0 Å². The number of nitrogens with one attached hydrogen (secondary N) is 1. The normalized spacial score (nSPS) is 16.6. The van der Waals surface area contributed by atoms with Gasteiger partial charge in [0.05, 0.1) is 10.6 Å². The summed E-state index contributed by atoms with van der Waals surface area (Å²) in [5.74, 6) is -0.352. The van der Waals surface area contributed by atoms with Gasteiger partial charge in [-0.1, -0.05) is 12.1 Å². The van der Waals surface area contributed by atoms with Gasteiger partial charge in [-0.25, -0.2) is 4.39 Å². The van der Waals surface area contributed by atoms with Crippen molar-refractivity contribution in [3.8, 4) is 0 Å². The van der Waals surface area contributed by atoms with Gasteiger partial charge in [-0.15, -0.1) is 11.3 Å². The van der Waals surface area contributed by atoms with E-state index in [1.165, 1.54) is 17.4 Å². The first-order valence-corrected chi connectivity index (χ1v) is 9.85. The van der Waals surface area contributed by atoms with Crippen molar-refractivity contribution in [1.29, 1.82) is 0 Å². The quantitative estimate of drug-likeness (QED) is 0.745. The summed E-state index contributed by atoms with van der Waals surface area (Å²) in [7, 11) is 1.88. The largest absolute Gasteiger partial charge is 0.381 e. The average Bonchev–Trinajstić information content (AvgIpc) is 3.22. The molecule has 0 saturated carbocycles. The zero-order valence-corrected chi connectivity index (χ0v) is 16.2. The first-order valence-electron chi connectivity index (χ1n) is 9.04. The number of fused-ring (bicyclic) bond motifs is 1. The molecule has 142 valence electrons. The molecule has 0 spiro atoms. The number of thiophene rings is 1. The minimum absolute atomic E-state index is 0.0992. The van der Waals surface area contributed by atoms with Crippen LogP contribution in [-0.4, -0.2) is 35.4 Å².